The van der Waals surface area contributed by atoms with Crippen molar-refractivity contribution in [2.75, 3.05) is 13.7 Å². The number of benzene rings is 1. The minimum Gasteiger partial charge on any atom is -0.497 e. The highest BCUT2D eigenvalue weighted by Gasteiger charge is 2.31. The number of methoxy groups -OCH3 is 1. The molecule has 1 aliphatic rings. The topological polar surface area (TPSA) is 66.8 Å². The molecule has 1 N–H and O–H groups in total. The second-order valence-corrected chi connectivity index (χ2v) is 5.29. The normalized spacial score (nSPS) is 18.3. The molecule has 0 aliphatic carbocycles. The SMILES string of the molecule is COc1cccc(CCC(=O)N2CCCC[C@H]2C(=O)O)c1. The van der Waals surface area contributed by atoms with Crippen LogP contribution in [-0.4, -0.2) is 41.6 Å². The number of aryl methyl sites for hydroxylation is 1. The Morgan fingerprint density at radius 1 is 1.38 bits per heavy atom. The van der Waals surface area contributed by atoms with Gasteiger partial charge in [0.15, 0.2) is 0 Å². The summed E-state index contributed by atoms with van der Waals surface area (Å²) < 4.78 is 5.15. The van der Waals surface area contributed by atoms with Gasteiger partial charge in [-0.3, -0.25) is 4.79 Å². The van der Waals surface area contributed by atoms with Crippen molar-refractivity contribution in [3.05, 3.63) is 29.8 Å². The van der Waals surface area contributed by atoms with Crippen molar-refractivity contribution >= 4 is 11.9 Å². The Hall–Kier alpha value is -2.04. The van der Waals surface area contributed by atoms with Gasteiger partial charge in [-0.25, -0.2) is 4.79 Å². The summed E-state index contributed by atoms with van der Waals surface area (Å²) in [5, 5.41) is 9.20. The fourth-order valence-electron chi connectivity index (χ4n) is 2.71. The molecule has 1 heterocycles. The van der Waals surface area contributed by atoms with Crippen LogP contribution < -0.4 is 4.74 Å². The zero-order chi connectivity index (χ0) is 15.2. The molecule has 114 valence electrons. The molecule has 2 rings (SSSR count). The molecule has 1 saturated heterocycles. The van der Waals surface area contributed by atoms with Gasteiger partial charge >= 0.3 is 5.97 Å². The van der Waals surface area contributed by atoms with Crippen LogP contribution in [0.1, 0.15) is 31.2 Å². The number of carboxylic acid groups (broad SMARTS) is 1. The maximum Gasteiger partial charge on any atom is 0.326 e. The van der Waals surface area contributed by atoms with E-state index in [0.717, 1.165) is 24.2 Å². The highest BCUT2D eigenvalue weighted by Crippen LogP contribution is 2.20. The van der Waals surface area contributed by atoms with Crippen LogP contribution in [0.3, 0.4) is 0 Å². The number of hydrogen-bond acceptors (Lipinski definition) is 3. The molecule has 1 amide bonds. The van der Waals surface area contributed by atoms with Gasteiger partial charge < -0.3 is 14.7 Å². The lowest BCUT2D eigenvalue weighted by Crippen LogP contribution is -2.48. The number of rotatable bonds is 5. The average Bonchev–Trinajstić information content (AvgIpc) is 2.52. The van der Waals surface area contributed by atoms with E-state index in [4.69, 9.17) is 4.74 Å². The van der Waals surface area contributed by atoms with Crippen LogP contribution in [0.4, 0.5) is 0 Å². The highest BCUT2D eigenvalue weighted by molar-refractivity contribution is 5.84. The first kappa shape index (κ1) is 15.4. The molecule has 1 atom stereocenters. The molecule has 21 heavy (non-hydrogen) atoms. The summed E-state index contributed by atoms with van der Waals surface area (Å²) >= 11 is 0. The summed E-state index contributed by atoms with van der Waals surface area (Å²) in [4.78, 5) is 25.0. The van der Waals surface area contributed by atoms with E-state index in [9.17, 15) is 14.7 Å². The van der Waals surface area contributed by atoms with E-state index in [1.54, 1.807) is 7.11 Å². The van der Waals surface area contributed by atoms with Crippen LogP contribution in [0.25, 0.3) is 0 Å². The fraction of sp³-hybridized carbons (Fsp3) is 0.500. The van der Waals surface area contributed by atoms with Crippen LogP contribution in [0.5, 0.6) is 5.75 Å². The molecule has 0 unspecified atom stereocenters. The molecule has 1 aromatic carbocycles. The van der Waals surface area contributed by atoms with Gasteiger partial charge in [0.1, 0.15) is 11.8 Å². The first-order chi connectivity index (χ1) is 10.1. The van der Waals surface area contributed by atoms with Crippen molar-refractivity contribution in [2.24, 2.45) is 0 Å². The number of aliphatic carboxylic acids is 1. The predicted octanol–water partition coefficient (Wildman–Crippen LogP) is 2.09. The number of amides is 1. The minimum atomic E-state index is -0.899. The highest BCUT2D eigenvalue weighted by atomic mass is 16.5. The van der Waals surface area contributed by atoms with E-state index >= 15 is 0 Å². The Kier molecular flexibility index (Phi) is 5.20. The van der Waals surface area contributed by atoms with Gasteiger partial charge in [0.2, 0.25) is 5.91 Å². The Balaban J connectivity index is 1.95. The lowest BCUT2D eigenvalue weighted by Gasteiger charge is -2.33. The first-order valence-corrected chi connectivity index (χ1v) is 7.27. The van der Waals surface area contributed by atoms with Gasteiger partial charge in [-0.2, -0.15) is 0 Å². The molecule has 5 nitrogen and oxygen atoms in total. The molecule has 0 aromatic heterocycles. The standard InChI is InChI=1S/C16H21NO4/c1-21-13-6-4-5-12(11-13)8-9-15(18)17-10-3-2-7-14(17)16(19)20/h4-6,11,14H,2-3,7-10H2,1H3,(H,19,20)/t14-/m0/s1. The first-order valence-electron chi connectivity index (χ1n) is 7.27. The maximum absolute atomic E-state index is 12.3. The van der Waals surface area contributed by atoms with Gasteiger partial charge in [-0.15, -0.1) is 0 Å². The third-order valence-electron chi connectivity index (χ3n) is 3.87. The van der Waals surface area contributed by atoms with Crippen LogP contribution in [0, 0.1) is 0 Å². The number of carbonyl (C=O) groups is 2. The van der Waals surface area contributed by atoms with Crippen molar-refractivity contribution in [1.82, 2.24) is 4.90 Å². The molecular weight excluding hydrogens is 270 g/mol. The molecule has 0 radical (unpaired) electrons. The van der Waals surface area contributed by atoms with E-state index in [2.05, 4.69) is 0 Å². The average molecular weight is 291 g/mol. The van der Waals surface area contributed by atoms with Crippen LogP contribution in [-0.2, 0) is 16.0 Å². The number of likely N-dealkylation sites (tertiary alicyclic amines) is 1. The Morgan fingerprint density at radius 3 is 2.90 bits per heavy atom. The molecule has 0 saturated carbocycles. The van der Waals surface area contributed by atoms with Crippen molar-refractivity contribution in [3.8, 4) is 5.75 Å². The summed E-state index contributed by atoms with van der Waals surface area (Å²) in [6.45, 7) is 0.550. The number of carboxylic acids is 1. The van der Waals surface area contributed by atoms with E-state index < -0.39 is 12.0 Å². The Labute approximate surface area is 124 Å². The van der Waals surface area contributed by atoms with E-state index in [1.807, 2.05) is 24.3 Å². The lowest BCUT2D eigenvalue weighted by molar-refractivity contribution is -0.152. The fourth-order valence-corrected chi connectivity index (χ4v) is 2.71. The molecule has 0 spiro atoms. The third kappa shape index (κ3) is 3.97. The zero-order valence-electron chi connectivity index (χ0n) is 12.2. The second-order valence-electron chi connectivity index (χ2n) is 5.29. The van der Waals surface area contributed by atoms with Gasteiger partial charge in [0, 0.05) is 13.0 Å². The molecule has 5 heteroatoms. The Bertz CT molecular complexity index is 515. The monoisotopic (exact) mass is 291 g/mol. The minimum absolute atomic E-state index is 0.0788. The second kappa shape index (κ2) is 7.11. The molecule has 1 fully saturated rings. The summed E-state index contributed by atoms with van der Waals surface area (Å²) in [6.07, 6.45) is 3.24. The smallest absolute Gasteiger partial charge is 0.326 e. The molecule has 0 bridgehead atoms. The number of hydrogen-bond donors (Lipinski definition) is 1. The van der Waals surface area contributed by atoms with Crippen molar-refractivity contribution < 1.29 is 19.4 Å². The number of piperidine rings is 1. The maximum atomic E-state index is 12.3. The third-order valence-corrected chi connectivity index (χ3v) is 3.87. The van der Waals surface area contributed by atoms with Gasteiger partial charge in [0.25, 0.3) is 0 Å². The van der Waals surface area contributed by atoms with Crippen molar-refractivity contribution in [2.45, 2.75) is 38.1 Å². The van der Waals surface area contributed by atoms with Crippen molar-refractivity contribution in [3.63, 3.8) is 0 Å². The Morgan fingerprint density at radius 2 is 2.19 bits per heavy atom. The zero-order valence-corrected chi connectivity index (χ0v) is 12.2. The van der Waals surface area contributed by atoms with Gasteiger partial charge in [-0.1, -0.05) is 12.1 Å². The lowest BCUT2D eigenvalue weighted by atomic mass is 10.0. The largest absolute Gasteiger partial charge is 0.497 e. The van der Waals surface area contributed by atoms with E-state index in [-0.39, 0.29) is 5.91 Å². The number of nitrogens with zero attached hydrogens (tertiary/aromatic N) is 1. The van der Waals surface area contributed by atoms with Gasteiger partial charge in [-0.05, 0) is 43.4 Å². The quantitative estimate of drug-likeness (QED) is 0.902. The van der Waals surface area contributed by atoms with Crippen LogP contribution >= 0.6 is 0 Å². The van der Waals surface area contributed by atoms with E-state index in [1.165, 1.54) is 4.90 Å². The molecule has 1 aliphatic heterocycles. The van der Waals surface area contributed by atoms with Crippen molar-refractivity contribution in [1.29, 1.82) is 0 Å². The summed E-state index contributed by atoms with van der Waals surface area (Å²) in [7, 11) is 1.61. The van der Waals surface area contributed by atoms with Crippen LogP contribution in [0.15, 0.2) is 24.3 Å². The van der Waals surface area contributed by atoms with E-state index in [0.29, 0.717) is 25.8 Å². The van der Waals surface area contributed by atoms with Gasteiger partial charge in [0.05, 0.1) is 7.11 Å². The summed E-state index contributed by atoms with van der Waals surface area (Å²) in [5.74, 6) is -0.212. The number of carbonyl (C=O) groups excluding carboxylic acids is 1. The molecular formula is C16H21NO4. The molecule has 1 aromatic rings. The van der Waals surface area contributed by atoms with Crippen LogP contribution in [0.2, 0.25) is 0 Å². The summed E-state index contributed by atoms with van der Waals surface area (Å²) in [5.41, 5.74) is 1.02. The summed E-state index contributed by atoms with van der Waals surface area (Å²) in [6, 6.07) is 6.94. The predicted molar refractivity (Wildman–Crippen MR) is 78.3 cm³/mol. The number of ether oxygens (including phenoxy) is 1.